The minimum atomic E-state index is -0.498. The minimum Gasteiger partial charge on any atom is -0.387 e. The average Bonchev–Trinajstić information content (AvgIpc) is 2.65. The van der Waals surface area contributed by atoms with Gasteiger partial charge in [0.05, 0.1) is 16.0 Å². The molecule has 0 saturated carbocycles. The lowest BCUT2D eigenvalue weighted by atomic mass is 10.1. The van der Waals surface area contributed by atoms with Gasteiger partial charge >= 0.3 is 0 Å². The number of pyridine rings is 1. The summed E-state index contributed by atoms with van der Waals surface area (Å²) in [5.41, 5.74) is 1.01. The Balaban J connectivity index is 2.10. The van der Waals surface area contributed by atoms with E-state index >= 15 is 0 Å². The maximum atomic E-state index is 10.0. The second-order valence-corrected chi connectivity index (χ2v) is 5.70. The van der Waals surface area contributed by atoms with E-state index in [1.165, 1.54) is 11.3 Å². The first-order valence-corrected chi connectivity index (χ1v) is 6.46. The normalized spacial score (nSPS) is 12.7. The maximum Gasteiger partial charge on any atom is 0.0938 e. The number of aryl methyl sites for hydroxylation is 1. The third-order valence-electron chi connectivity index (χ3n) is 2.16. The van der Waals surface area contributed by atoms with Crippen molar-refractivity contribution >= 4 is 27.3 Å². The first-order valence-electron chi connectivity index (χ1n) is 4.85. The zero-order valence-electron chi connectivity index (χ0n) is 8.72. The van der Waals surface area contributed by atoms with Gasteiger partial charge in [0, 0.05) is 29.5 Å². The summed E-state index contributed by atoms with van der Waals surface area (Å²) < 4.78 is 0.928. The molecule has 0 aromatic carbocycles. The molecule has 0 radical (unpaired) electrons. The van der Waals surface area contributed by atoms with Crippen LogP contribution in [0.5, 0.6) is 0 Å². The molecular formula is C11H11BrN2OS. The van der Waals surface area contributed by atoms with Gasteiger partial charge in [-0.15, -0.1) is 11.3 Å². The van der Waals surface area contributed by atoms with Gasteiger partial charge in [-0.3, -0.25) is 4.98 Å². The smallest absolute Gasteiger partial charge is 0.0938 e. The molecule has 2 rings (SSSR count). The summed E-state index contributed by atoms with van der Waals surface area (Å²) in [5.74, 6) is 0. The molecule has 0 spiro atoms. The highest BCUT2D eigenvalue weighted by molar-refractivity contribution is 9.10. The highest BCUT2D eigenvalue weighted by Crippen LogP contribution is 2.24. The first kappa shape index (κ1) is 11.7. The molecule has 0 amide bonds. The Hall–Kier alpha value is -0.780. The van der Waals surface area contributed by atoms with Crippen LogP contribution in [0.3, 0.4) is 0 Å². The predicted octanol–water partition coefficient (Wildman–Crippen LogP) is 2.89. The van der Waals surface area contributed by atoms with Crippen molar-refractivity contribution in [1.82, 2.24) is 9.97 Å². The average molecular weight is 299 g/mol. The quantitative estimate of drug-likeness (QED) is 0.948. The van der Waals surface area contributed by atoms with Crippen molar-refractivity contribution in [3.05, 3.63) is 44.6 Å². The molecule has 2 aromatic heterocycles. The molecule has 0 saturated heterocycles. The number of hydrogen-bond acceptors (Lipinski definition) is 4. The third-order valence-corrected chi connectivity index (χ3v) is 3.61. The van der Waals surface area contributed by atoms with E-state index in [1.54, 1.807) is 18.6 Å². The lowest BCUT2D eigenvalue weighted by Gasteiger charge is -2.07. The SMILES string of the molecule is Cc1ncc(C(O)Cc2cncc(Br)c2)s1. The van der Waals surface area contributed by atoms with Gasteiger partial charge in [0.2, 0.25) is 0 Å². The highest BCUT2D eigenvalue weighted by Gasteiger charge is 2.11. The standard InChI is InChI=1S/C11H11BrN2OS/c1-7-14-6-11(16-7)10(15)3-8-2-9(12)5-13-4-8/h2,4-6,10,15H,3H2,1H3. The van der Waals surface area contributed by atoms with Crippen molar-refractivity contribution in [3.8, 4) is 0 Å². The molecular weight excluding hydrogens is 288 g/mol. The van der Waals surface area contributed by atoms with Crippen LogP contribution in [0.1, 0.15) is 21.6 Å². The number of halogens is 1. The Bertz CT molecular complexity index is 486. The van der Waals surface area contributed by atoms with E-state index in [2.05, 4.69) is 25.9 Å². The number of hydrogen-bond donors (Lipinski definition) is 1. The van der Waals surface area contributed by atoms with Crippen molar-refractivity contribution in [1.29, 1.82) is 0 Å². The van der Waals surface area contributed by atoms with E-state index in [-0.39, 0.29) is 0 Å². The molecule has 0 aliphatic rings. The Kier molecular flexibility index (Phi) is 3.68. The third kappa shape index (κ3) is 2.87. The van der Waals surface area contributed by atoms with Crippen molar-refractivity contribution in [2.24, 2.45) is 0 Å². The zero-order valence-corrected chi connectivity index (χ0v) is 11.1. The molecule has 0 fully saturated rings. The molecule has 2 aromatic rings. The first-order chi connectivity index (χ1) is 7.65. The molecule has 0 bridgehead atoms. The zero-order chi connectivity index (χ0) is 11.5. The summed E-state index contributed by atoms with van der Waals surface area (Å²) in [4.78, 5) is 9.10. The molecule has 0 aliphatic heterocycles. The van der Waals surface area contributed by atoms with E-state index in [9.17, 15) is 5.11 Å². The molecule has 3 nitrogen and oxygen atoms in total. The maximum absolute atomic E-state index is 10.0. The molecule has 0 aliphatic carbocycles. The van der Waals surface area contributed by atoms with Gasteiger partial charge in [-0.05, 0) is 34.5 Å². The van der Waals surface area contributed by atoms with Crippen LogP contribution in [0.15, 0.2) is 29.1 Å². The monoisotopic (exact) mass is 298 g/mol. The van der Waals surface area contributed by atoms with Gasteiger partial charge in [-0.2, -0.15) is 0 Å². The fraction of sp³-hybridized carbons (Fsp3) is 0.273. The number of nitrogens with zero attached hydrogens (tertiary/aromatic N) is 2. The molecule has 1 atom stereocenters. The number of rotatable bonds is 3. The second-order valence-electron chi connectivity index (χ2n) is 3.51. The molecule has 1 unspecified atom stereocenters. The van der Waals surface area contributed by atoms with Crippen molar-refractivity contribution in [2.75, 3.05) is 0 Å². The summed E-state index contributed by atoms with van der Waals surface area (Å²) in [6, 6.07) is 1.96. The lowest BCUT2D eigenvalue weighted by Crippen LogP contribution is -1.99. The number of aliphatic hydroxyl groups excluding tert-OH is 1. The summed E-state index contributed by atoms with van der Waals surface area (Å²) in [6.45, 7) is 1.93. The molecule has 84 valence electrons. The summed E-state index contributed by atoms with van der Waals surface area (Å²) in [7, 11) is 0. The van der Waals surface area contributed by atoms with Crippen molar-refractivity contribution in [3.63, 3.8) is 0 Å². The summed E-state index contributed by atoms with van der Waals surface area (Å²) in [6.07, 6.45) is 5.29. The lowest BCUT2D eigenvalue weighted by molar-refractivity contribution is 0.182. The van der Waals surface area contributed by atoms with Crippen LogP contribution in [0, 0.1) is 6.92 Å². The van der Waals surface area contributed by atoms with Gasteiger partial charge in [0.25, 0.3) is 0 Å². The topological polar surface area (TPSA) is 46.0 Å². The van der Waals surface area contributed by atoms with Crippen LogP contribution in [-0.4, -0.2) is 15.1 Å². The van der Waals surface area contributed by atoms with Gasteiger partial charge in [0.15, 0.2) is 0 Å². The summed E-state index contributed by atoms with van der Waals surface area (Å²) in [5, 5.41) is 11.0. The number of aromatic nitrogens is 2. The van der Waals surface area contributed by atoms with Gasteiger partial charge < -0.3 is 5.11 Å². The summed E-state index contributed by atoms with van der Waals surface area (Å²) >= 11 is 4.88. The fourth-order valence-electron chi connectivity index (χ4n) is 1.42. The Morgan fingerprint density at radius 3 is 2.88 bits per heavy atom. The van der Waals surface area contributed by atoms with Crippen molar-refractivity contribution < 1.29 is 5.11 Å². The van der Waals surface area contributed by atoms with Gasteiger partial charge in [0.1, 0.15) is 0 Å². The van der Waals surface area contributed by atoms with Crippen LogP contribution < -0.4 is 0 Å². The van der Waals surface area contributed by atoms with Gasteiger partial charge in [-0.25, -0.2) is 4.98 Å². The van der Waals surface area contributed by atoms with Crippen LogP contribution in [0.4, 0.5) is 0 Å². The minimum absolute atomic E-state index is 0.498. The van der Waals surface area contributed by atoms with E-state index in [0.29, 0.717) is 6.42 Å². The van der Waals surface area contributed by atoms with E-state index in [1.807, 2.05) is 13.0 Å². The molecule has 16 heavy (non-hydrogen) atoms. The van der Waals surface area contributed by atoms with E-state index in [4.69, 9.17) is 0 Å². The number of aliphatic hydroxyl groups is 1. The van der Waals surface area contributed by atoms with Crippen LogP contribution in [-0.2, 0) is 6.42 Å². The number of thiazole rings is 1. The second kappa shape index (κ2) is 5.03. The van der Waals surface area contributed by atoms with Crippen molar-refractivity contribution in [2.45, 2.75) is 19.4 Å². The molecule has 1 N–H and O–H groups in total. The molecule has 5 heteroatoms. The Morgan fingerprint density at radius 1 is 1.44 bits per heavy atom. The van der Waals surface area contributed by atoms with E-state index < -0.39 is 6.10 Å². The molecule has 2 heterocycles. The highest BCUT2D eigenvalue weighted by atomic mass is 79.9. The predicted molar refractivity (Wildman–Crippen MR) is 67.5 cm³/mol. The van der Waals surface area contributed by atoms with Crippen LogP contribution >= 0.6 is 27.3 Å². The van der Waals surface area contributed by atoms with Crippen LogP contribution in [0.2, 0.25) is 0 Å². The Morgan fingerprint density at radius 2 is 2.25 bits per heavy atom. The van der Waals surface area contributed by atoms with E-state index in [0.717, 1.165) is 19.9 Å². The fourth-order valence-corrected chi connectivity index (χ4v) is 2.61. The Labute approximate surface area is 106 Å². The largest absolute Gasteiger partial charge is 0.387 e. The van der Waals surface area contributed by atoms with Gasteiger partial charge in [-0.1, -0.05) is 0 Å². The van der Waals surface area contributed by atoms with Crippen LogP contribution in [0.25, 0.3) is 0 Å².